The molecule has 0 saturated carbocycles. The van der Waals surface area contributed by atoms with Gasteiger partial charge in [-0.25, -0.2) is 19.0 Å². The molecule has 1 atom stereocenters. The van der Waals surface area contributed by atoms with Crippen LogP contribution in [0.15, 0.2) is 15.8 Å². The van der Waals surface area contributed by atoms with Crippen molar-refractivity contribution < 1.29 is 42.5 Å². The Balaban J connectivity index is 1.78. The maximum absolute atomic E-state index is 13.9. The number of ether oxygens (including phenoxy) is 5. The van der Waals surface area contributed by atoms with E-state index in [2.05, 4.69) is 9.47 Å². The third-order valence-corrected chi connectivity index (χ3v) is 4.06. The van der Waals surface area contributed by atoms with Crippen molar-refractivity contribution in [1.29, 1.82) is 0 Å². The van der Waals surface area contributed by atoms with Crippen LogP contribution in [-0.4, -0.2) is 53.7 Å². The van der Waals surface area contributed by atoms with Crippen LogP contribution in [-0.2, 0) is 44.8 Å². The maximum atomic E-state index is 13.9. The van der Waals surface area contributed by atoms with Gasteiger partial charge in [-0.05, 0) is 19.3 Å². The molecule has 1 fully saturated rings. The first-order chi connectivity index (χ1) is 14.8. The quantitative estimate of drug-likeness (QED) is 0.332. The highest BCUT2D eigenvalue weighted by molar-refractivity contribution is 5.73. The van der Waals surface area contributed by atoms with Crippen molar-refractivity contribution in [1.82, 2.24) is 9.13 Å². The van der Waals surface area contributed by atoms with E-state index in [4.69, 9.17) is 14.2 Å². The van der Waals surface area contributed by atoms with Gasteiger partial charge in [-0.3, -0.25) is 14.2 Å². The highest BCUT2D eigenvalue weighted by atomic mass is 19.1. The van der Waals surface area contributed by atoms with Crippen LogP contribution in [0.1, 0.15) is 38.8 Å². The molecule has 0 N–H and O–H groups in total. The van der Waals surface area contributed by atoms with Crippen LogP contribution >= 0.6 is 0 Å². The Kier molecular flexibility index (Phi) is 9.34. The SMILES string of the molecule is CCCC(=O)OCOC(=O)COCC(=O)OCn1c(=O)c(F)cn(C2CCCO2)c1=O. The molecular formula is C18H23FN2O10. The Bertz CT molecular complexity index is 904. The van der Waals surface area contributed by atoms with Crippen molar-refractivity contribution in [2.24, 2.45) is 0 Å². The molecule has 13 heteroatoms. The number of carbonyl (C=O) groups excluding carboxylic acids is 3. The summed E-state index contributed by atoms with van der Waals surface area (Å²) < 4.78 is 39.2. The molecular weight excluding hydrogens is 423 g/mol. The average Bonchev–Trinajstić information content (AvgIpc) is 3.25. The smallest absolute Gasteiger partial charge is 0.336 e. The topological polar surface area (TPSA) is 141 Å². The Hall–Kier alpha value is -3.06. The van der Waals surface area contributed by atoms with E-state index in [0.717, 1.165) is 10.8 Å². The molecule has 0 bridgehead atoms. The van der Waals surface area contributed by atoms with Crippen molar-refractivity contribution in [2.45, 2.75) is 45.6 Å². The van der Waals surface area contributed by atoms with E-state index >= 15 is 0 Å². The van der Waals surface area contributed by atoms with Gasteiger partial charge in [0, 0.05) is 13.0 Å². The minimum atomic E-state index is -1.26. The van der Waals surface area contributed by atoms with Gasteiger partial charge in [0.2, 0.25) is 12.6 Å². The number of hydrogen-bond acceptors (Lipinski definition) is 10. The molecule has 172 valence electrons. The van der Waals surface area contributed by atoms with E-state index in [-0.39, 0.29) is 6.42 Å². The van der Waals surface area contributed by atoms with E-state index in [1.54, 1.807) is 6.92 Å². The highest BCUT2D eigenvalue weighted by Gasteiger charge is 2.22. The van der Waals surface area contributed by atoms with Gasteiger partial charge in [0.1, 0.15) is 19.4 Å². The third-order valence-electron chi connectivity index (χ3n) is 4.06. The van der Waals surface area contributed by atoms with Gasteiger partial charge in [-0.1, -0.05) is 6.92 Å². The zero-order chi connectivity index (χ0) is 22.8. The molecule has 0 radical (unpaired) electrons. The lowest BCUT2D eigenvalue weighted by molar-refractivity contribution is -0.171. The molecule has 0 aliphatic carbocycles. The summed E-state index contributed by atoms with van der Waals surface area (Å²) in [6.07, 6.45) is 1.97. The summed E-state index contributed by atoms with van der Waals surface area (Å²) >= 11 is 0. The first-order valence-corrected chi connectivity index (χ1v) is 9.51. The largest absolute Gasteiger partial charge is 0.442 e. The minimum Gasteiger partial charge on any atom is -0.442 e. The normalized spacial score (nSPS) is 15.5. The summed E-state index contributed by atoms with van der Waals surface area (Å²) in [5, 5.41) is 0. The van der Waals surface area contributed by atoms with Crippen LogP contribution in [0.25, 0.3) is 0 Å². The molecule has 1 aromatic heterocycles. The number of nitrogens with zero attached hydrogens (tertiary/aromatic N) is 2. The van der Waals surface area contributed by atoms with Gasteiger partial charge in [0.25, 0.3) is 5.56 Å². The molecule has 1 aromatic rings. The van der Waals surface area contributed by atoms with E-state index in [0.29, 0.717) is 30.4 Å². The Morgan fingerprint density at radius 2 is 1.81 bits per heavy atom. The van der Waals surface area contributed by atoms with Gasteiger partial charge in [0.15, 0.2) is 6.73 Å². The van der Waals surface area contributed by atoms with Gasteiger partial charge in [-0.15, -0.1) is 0 Å². The summed E-state index contributed by atoms with van der Waals surface area (Å²) in [6, 6.07) is 0. The number of hydrogen-bond donors (Lipinski definition) is 0. The summed E-state index contributed by atoms with van der Waals surface area (Å²) in [4.78, 5) is 58.5. The molecule has 1 aliphatic heterocycles. The molecule has 12 nitrogen and oxygen atoms in total. The minimum absolute atomic E-state index is 0.188. The third kappa shape index (κ3) is 7.29. The summed E-state index contributed by atoms with van der Waals surface area (Å²) in [6.45, 7) is -0.577. The van der Waals surface area contributed by atoms with Crippen molar-refractivity contribution in [2.75, 3.05) is 26.6 Å². The van der Waals surface area contributed by atoms with Gasteiger partial charge in [0.05, 0.1) is 6.20 Å². The van der Waals surface area contributed by atoms with Gasteiger partial charge in [-0.2, -0.15) is 4.39 Å². The number of esters is 3. The maximum Gasteiger partial charge on any atom is 0.336 e. The molecule has 0 spiro atoms. The number of aromatic nitrogens is 2. The van der Waals surface area contributed by atoms with Crippen LogP contribution in [0, 0.1) is 5.82 Å². The molecule has 0 aromatic carbocycles. The fourth-order valence-corrected chi connectivity index (χ4v) is 2.56. The fraction of sp³-hybridized carbons (Fsp3) is 0.611. The molecule has 0 amide bonds. The molecule has 1 saturated heterocycles. The van der Waals surface area contributed by atoms with E-state index < -0.39 is 67.9 Å². The van der Waals surface area contributed by atoms with Crippen LogP contribution in [0.5, 0.6) is 0 Å². The first-order valence-electron chi connectivity index (χ1n) is 9.51. The zero-order valence-electron chi connectivity index (χ0n) is 16.9. The zero-order valence-corrected chi connectivity index (χ0v) is 16.9. The van der Waals surface area contributed by atoms with Crippen LogP contribution in [0.4, 0.5) is 4.39 Å². The van der Waals surface area contributed by atoms with Gasteiger partial charge >= 0.3 is 23.6 Å². The van der Waals surface area contributed by atoms with E-state index in [1.165, 1.54) is 0 Å². The predicted octanol–water partition coefficient (Wildman–Crippen LogP) is -0.181. The van der Waals surface area contributed by atoms with Crippen LogP contribution in [0.2, 0.25) is 0 Å². The van der Waals surface area contributed by atoms with Crippen LogP contribution in [0.3, 0.4) is 0 Å². The fourth-order valence-electron chi connectivity index (χ4n) is 2.56. The summed E-state index contributed by atoms with van der Waals surface area (Å²) in [5.74, 6) is -3.63. The van der Waals surface area contributed by atoms with Crippen molar-refractivity contribution >= 4 is 17.9 Å². The first kappa shape index (κ1) is 24.2. The second-order valence-corrected chi connectivity index (χ2v) is 6.41. The summed E-state index contributed by atoms with van der Waals surface area (Å²) in [5.41, 5.74) is -2.15. The number of rotatable bonds is 11. The molecule has 2 heterocycles. The Morgan fingerprint density at radius 1 is 1.13 bits per heavy atom. The second kappa shape index (κ2) is 12.0. The number of carbonyl (C=O) groups is 3. The monoisotopic (exact) mass is 446 g/mol. The Labute approximate surface area is 175 Å². The molecule has 2 rings (SSSR count). The highest BCUT2D eigenvalue weighted by Crippen LogP contribution is 2.20. The molecule has 1 unspecified atom stereocenters. The van der Waals surface area contributed by atoms with Crippen molar-refractivity contribution in [3.8, 4) is 0 Å². The second-order valence-electron chi connectivity index (χ2n) is 6.41. The van der Waals surface area contributed by atoms with Crippen LogP contribution < -0.4 is 11.2 Å². The summed E-state index contributed by atoms with van der Waals surface area (Å²) in [7, 11) is 0. The van der Waals surface area contributed by atoms with E-state index in [9.17, 15) is 28.4 Å². The number of halogens is 1. The Morgan fingerprint density at radius 3 is 2.45 bits per heavy atom. The standard InChI is InChI=1S/C18H23FN2O10/c1-2-4-14(22)30-11-31-16(24)9-27-8-15(23)29-10-21-17(25)12(19)7-20(18(21)26)13-5-3-6-28-13/h7,13H,2-6,8-11H2,1H3. The predicted molar refractivity (Wildman–Crippen MR) is 98.0 cm³/mol. The van der Waals surface area contributed by atoms with Crippen molar-refractivity contribution in [3.63, 3.8) is 0 Å². The lowest BCUT2D eigenvalue weighted by atomic mass is 10.3. The van der Waals surface area contributed by atoms with Gasteiger partial charge < -0.3 is 23.7 Å². The molecule has 31 heavy (non-hydrogen) atoms. The van der Waals surface area contributed by atoms with E-state index in [1.807, 2.05) is 0 Å². The van der Waals surface area contributed by atoms with Crippen molar-refractivity contribution in [3.05, 3.63) is 32.9 Å². The molecule has 1 aliphatic rings. The average molecular weight is 446 g/mol. The lowest BCUT2D eigenvalue weighted by Gasteiger charge is -2.15. The lowest BCUT2D eigenvalue weighted by Crippen LogP contribution is -2.43.